The van der Waals surface area contributed by atoms with Crippen LogP contribution in [0.1, 0.15) is 26.7 Å². The molecule has 0 saturated heterocycles. The molecule has 0 fully saturated rings. The van der Waals surface area contributed by atoms with Crippen LogP contribution in [0.5, 0.6) is 0 Å². The molecular formula is C10H20O3. The molecule has 3 nitrogen and oxygen atoms in total. The number of aliphatic hydroxyl groups excluding tert-OH is 1. The summed E-state index contributed by atoms with van der Waals surface area (Å²) in [7, 11) is 1.65. The van der Waals surface area contributed by atoms with Gasteiger partial charge >= 0.3 is 0 Å². The molecule has 2 unspecified atom stereocenters. The number of aliphatic hydroxyl groups is 1. The van der Waals surface area contributed by atoms with Crippen molar-refractivity contribution in [3.63, 3.8) is 0 Å². The van der Waals surface area contributed by atoms with Crippen LogP contribution < -0.4 is 0 Å². The van der Waals surface area contributed by atoms with Gasteiger partial charge in [0.15, 0.2) is 0 Å². The van der Waals surface area contributed by atoms with Crippen LogP contribution in [-0.2, 0) is 9.47 Å². The summed E-state index contributed by atoms with van der Waals surface area (Å²) < 4.78 is 10.3. The monoisotopic (exact) mass is 188 g/mol. The molecule has 0 bridgehead atoms. The van der Waals surface area contributed by atoms with E-state index in [1.54, 1.807) is 14.0 Å². The van der Waals surface area contributed by atoms with Crippen LogP contribution in [0.3, 0.4) is 0 Å². The summed E-state index contributed by atoms with van der Waals surface area (Å²) in [6, 6.07) is 0. The second kappa shape index (κ2) is 6.92. The van der Waals surface area contributed by atoms with E-state index < -0.39 is 0 Å². The third-order valence-electron chi connectivity index (χ3n) is 1.77. The van der Waals surface area contributed by atoms with Crippen LogP contribution in [0, 0.1) is 0 Å². The van der Waals surface area contributed by atoms with E-state index >= 15 is 0 Å². The first-order chi connectivity index (χ1) is 6.06. The van der Waals surface area contributed by atoms with Gasteiger partial charge in [0.25, 0.3) is 0 Å². The average molecular weight is 188 g/mol. The van der Waals surface area contributed by atoms with Crippen molar-refractivity contribution >= 4 is 0 Å². The van der Waals surface area contributed by atoms with Crippen molar-refractivity contribution in [2.75, 3.05) is 13.7 Å². The lowest BCUT2D eigenvalue weighted by Crippen LogP contribution is -2.13. The molecule has 0 radical (unpaired) electrons. The molecule has 1 N–H and O–H groups in total. The molecule has 0 spiro atoms. The first kappa shape index (κ1) is 12.5. The van der Waals surface area contributed by atoms with Gasteiger partial charge in [-0.15, -0.1) is 0 Å². The summed E-state index contributed by atoms with van der Waals surface area (Å²) >= 11 is 0. The predicted octanol–water partition coefficient (Wildman–Crippen LogP) is 1.71. The Bertz CT molecular complexity index is 143. The minimum Gasteiger partial charge on any atom is -0.496 e. The van der Waals surface area contributed by atoms with Gasteiger partial charge in [0, 0.05) is 13.5 Å². The fraction of sp³-hybridized carbons (Fsp3) is 0.800. The SMILES string of the molecule is C=C(CCC(C)O)OCC(C)OC. The highest BCUT2D eigenvalue weighted by molar-refractivity contribution is 4.82. The highest BCUT2D eigenvalue weighted by Crippen LogP contribution is 2.07. The Morgan fingerprint density at radius 1 is 1.46 bits per heavy atom. The van der Waals surface area contributed by atoms with E-state index in [4.69, 9.17) is 14.6 Å². The van der Waals surface area contributed by atoms with E-state index in [1.807, 2.05) is 6.92 Å². The van der Waals surface area contributed by atoms with Crippen LogP contribution in [0.2, 0.25) is 0 Å². The minimum absolute atomic E-state index is 0.0864. The molecule has 0 aromatic carbocycles. The number of hydrogen-bond donors (Lipinski definition) is 1. The smallest absolute Gasteiger partial charge is 0.114 e. The van der Waals surface area contributed by atoms with Crippen LogP contribution in [0.4, 0.5) is 0 Å². The van der Waals surface area contributed by atoms with Crippen molar-refractivity contribution in [1.82, 2.24) is 0 Å². The Morgan fingerprint density at radius 3 is 2.54 bits per heavy atom. The molecule has 0 aliphatic heterocycles. The quantitative estimate of drug-likeness (QED) is 0.618. The molecule has 0 amide bonds. The van der Waals surface area contributed by atoms with E-state index in [9.17, 15) is 0 Å². The molecule has 2 atom stereocenters. The second-order valence-electron chi connectivity index (χ2n) is 3.28. The highest BCUT2D eigenvalue weighted by atomic mass is 16.5. The van der Waals surface area contributed by atoms with Gasteiger partial charge in [0.1, 0.15) is 6.61 Å². The summed E-state index contributed by atoms with van der Waals surface area (Å²) in [4.78, 5) is 0. The molecule has 13 heavy (non-hydrogen) atoms. The Morgan fingerprint density at radius 2 is 2.08 bits per heavy atom. The normalized spacial score (nSPS) is 15.1. The fourth-order valence-electron chi connectivity index (χ4n) is 0.745. The third-order valence-corrected chi connectivity index (χ3v) is 1.77. The molecule has 3 heteroatoms. The van der Waals surface area contributed by atoms with E-state index in [-0.39, 0.29) is 12.2 Å². The Hall–Kier alpha value is -0.540. The van der Waals surface area contributed by atoms with Crippen LogP contribution >= 0.6 is 0 Å². The summed E-state index contributed by atoms with van der Waals surface area (Å²) in [5.74, 6) is 0.713. The maximum atomic E-state index is 9.00. The van der Waals surface area contributed by atoms with Crippen LogP contribution in [-0.4, -0.2) is 31.0 Å². The molecule has 78 valence electrons. The molecule has 0 saturated carbocycles. The number of allylic oxidation sites excluding steroid dienone is 1. The highest BCUT2D eigenvalue weighted by Gasteiger charge is 2.03. The van der Waals surface area contributed by atoms with Crippen LogP contribution in [0.25, 0.3) is 0 Å². The lowest BCUT2D eigenvalue weighted by Gasteiger charge is -2.13. The lowest BCUT2D eigenvalue weighted by molar-refractivity contribution is 0.0419. The Balaban J connectivity index is 3.40. The van der Waals surface area contributed by atoms with Gasteiger partial charge in [-0.1, -0.05) is 6.58 Å². The first-order valence-corrected chi connectivity index (χ1v) is 4.57. The van der Waals surface area contributed by atoms with Gasteiger partial charge in [0.2, 0.25) is 0 Å². The molecule has 0 rings (SSSR count). The van der Waals surface area contributed by atoms with Crippen molar-refractivity contribution in [3.8, 4) is 0 Å². The van der Waals surface area contributed by atoms with Gasteiger partial charge in [-0.05, 0) is 20.3 Å². The number of methoxy groups -OCH3 is 1. The van der Waals surface area contributed by atoms with Gasteiger partial charge in [-0.25, -0.2) is 0 Å². The lowest BCUT2D eigenvalue weighted by atomic mass is 10.2. The fourth-order valence-corrected chi connectivity index (χ4v) is 0.745. The predicted molar refractivity (Wildman–Crippen MR) is 52.5 cm³/mol. The van der Waals surface area contributed by atoms with Gasteiger partial charge in [-0.3, -0.25) is 0 Å². The number of ether oxygens (including phenoxy) is 2. The summed E-state index contributed by atoms with van der Waals surface area (Å²) in [6.07, 6.45) is 1.19. The summed E-state index contributed by atoms with van der Waals surface area (Å²) in [5, 5.41) is 9.00. The van der Waals surface area contributed by atoms with E-state index in [2.05, 4.69) is 6.58 Å². The molecular weight excluding hydrogens is 168 g/mol. The summed E-state index contributed by atoms with van der Waals surface area (Å²) in [5.41, 5.74) is 0. The largest absolute Gasteiger partial charge is 0.496 e. The average Bonchev–Trinajstić information content (AvgIpc) is 2.10. The van der Waals surface area contributed by atoms with Gasteiger partial charge in [-0.2, -0.15) is 0 Å². The maximum absolute atomic E-state index is 9.00. The van der Waals surface area contributed by atoms with Crippen LogP contribution in [0.15, 0.2) is 12.3 Å². The third kappa shape index (κ3) is 7.81. The summed E-state index contributed by atoms with van der Waals surface area (Å²) in [6.45, 7) is 7.95. The zero-order valence-corrected chi connectivity index (χ0v) is 8.75. The van der Waals surface area contributed by atoms with E-state index in [1.165, 1.54) is 0 Å². The molecule has 0 aliphatic carbocycles. The zero-order chi connectivity index (χ0) is 10.3. The van der Waals surface area contributed by atoms with E-state index in [0.29, 0.717) is 25.2 Å². The number of rotatable bonds is 7. The topological polar surface area (TPSA) is 38.7 Å². The van der Waals surface area contributed by atoms with Gasteiger partial charge < -0.3 is 14.6 Å². The molecule has 0 heterocycles. The zero-order valence-electron chi connectivity index (χ0n) is 8.75. The molecule has 0 aromatic heterocycles. The molecule has 0 aromatic rings. The van der Waals surface area contributed by atoms with E-state index in [0.717, 1.165) is 0 Å². The Kier molecular flexibility index (Phi) is 6.63. The first-order valence-electron chi connectivity index (χ1n) is 4.57. The Labute approximate surface area is 80.4 Å². The molecule has 0 aliphatic rings. The van der Waals surface area contributed by atoms with Crippen molar-refractivity contribution in [2.24, 2.45) is 0 Å². The minimum atomic E-state index is -0.291. The van der Waals surface area contributed by atoms with Crippen molar-refractivity contribution < 1.29 is 14.6 Å². The van der Waals surface area contributed by atoms with Crippen molar-refractivity contribution in [1.29, 1.82) is 0 Å². The second-order valence-corrected chi connectivity index (χ2v) is 3.28. The number of hydrogen-bond acceptors (Lipinski definition) is 3. The maximum Gasteiger partial charge on any atom is 0.114 e. The standard InChI is InChI=1S/C10H20O3/c1-8(11)5-6-9(2)13-7-10(3)12-4/h8,10-11H,2,5-7H2,1,3-4H3. The van der Waals surface area contributed by atoms with Gasteiger partial charge in [0.05, 0.1) is 18.0 Å². The van der Waals surface area contributed by atoms with Crippen molar-refractivity contribution in [2.45, 2.75) is 38.9 Å². The van der Waals surface area contributed by atoms with Crippen molar-refractivity contribution in [3.05, 3.63) is 12.3 Å².